The summed E-state index contributed by atoms with van der Waals surface area (Å²) in [5, 5.41) is 8.37. The molecule has 0 aromatic carbocycles. The van der Waals surface area contributed by atoms with Gasteiger partial charge in [-0.3, -0.25) is 0 Å². The molecular weight excluding hydrogens is 311 g/mol. The Morgan fingerprint density at radius 3 is 2.41 bits per heavy atom. The van der Waals surface area contributed by atoms with Crippen LogP contribution >= 0.6 is 15.9 Å². The Kier molecular flexibility index (Phi) is 4.03. The van der Waals surface area contributed by atoms with Gasteiger partial charge in [-0.1, -0.05) is 0 Å². The lowest BCUT2D eigenvalue weighted by Gasteiger charge is -2.12. The molecule has 0 aliphatic heterocycles. The third-order valence-corrected chi connectivity index (χ3v) is 2.47. The first-order chi connectivity index (χ1) is 7.77. The van der Waals surface area contributed by atoms with Crippen LogP contribution in [-0.2, 0) is 12.6 Å². The number of pyridine rings is 1. The minimum Gasteiger partial charge on any atom is -0.239 e. The van der Waals surface area contributed by atoms with Crippen molar-refractivity contribution in [2.24, 2.45) is 0 Å². The molecule has 17 heavy (non-hydrogen) atoms. The average Bonchev–Trinajstić information content (AvgIpc) is 2.18. The van der Waals surface area contributed by atoms with Gasteiger partial charge in [-0.25, -0.2) is 13.8 Å². The number of rotatable bonds is 2. The van der Waals surface area contributed by atoms with Crippen molar-refractivity contribution in [2.45, 2.75) is 19.0 Å². The van der Waals surface area contributed by atoms with Gasteiger partial charge in [-0.15, -0.1) is 0 Å². The lowest BCUT2D eigenvalue weighted by atomic mass is 10.1. The summed E-state index contributed by atoms with van der Waals surface area (Å²) in [6.07, 6.45) is -8.29. The van der Waals surface area contributed by atoms with Gasteiger partial charge in [0.2, 0.25) is 0 Å². The summed E-state index contributed by atoms with van der Waals surface area (Å²) in [5.74, 6) is 0. The van der Waals surface area contributed by atoms with Crippen molar-refractivity contribution in [1.29, 1.82) is 5.26 Å². The molecule has 0 unspecified atom stereocenters. The number of nitriles is 1. The molecule has 0 spiro atoms. The van der Waals surface area contributed by atoms with Crippen molar-refractivity contribution in [3.8, 4) is 6.07 Å². The van der Waals surface area contributed by atoms with Crippen LogP contribution in [0.25, 0.3) is 0 Å². The predicted molar refractivity (Wildman–Crippen MR) is 51.2 cm³/mol. The topological polar surface area (TPSA) is 36.7 Å². The Balaban J connectivity index is 3.41. The molecule has 8 heteroatoms. The highest BCUT2D eigenvalue weighted by Crippen LogP contribution is 2.36. The highest BCUT2D eigenvalue weighted by molar-refractivity contribution is 9.10. The monoisotopic (exact) mass is 314 g/mol. The van der Waals surface area contributed by atoms with Crippen molar-refractivity contribution in [3.63, 3.8) is 0 Å². The second-order valence-electron chi connectivity index (χ2n) is 3.00. The summed E-state index contributed by atoms with van der Waals surface area (Å²) >= 11 is 2.49. The smallest absolute Gasteiger partial charge is 0.239 e. The van der Waals surface area contributed by atoms with E-state index in [0.717, 1.165) is 0 Å². The molecule has 1 aromatic rings. The van der Waals surface area contributed by atoms with E-state index in [9.17, 15) is 22.0 Å². The second-order valence-corrected chi connectivity index (χ2v) is 3.76. The average molecular weight is 315 g/mol. The zero-order valence-corrected chi connectivity index (χ0v) is 9.61. The number of halogens is 6. The fourth-order valence-corrected chi connectivity index (χ4v) is 1.69. The van der Waals surface area contributed by atoms with Crippen molar-refractivity contribution in [1.82, 2.24) is 4.98 Å². The van der Waals surface area contributed by atoms with E-state index in [4.69, 9.17) is 5.26 Å². The van der Waals surface area contributed by atoms with E-state index in [1.54, 1.807) is 0 Å². The van der Waals surface area contributed by atoms with Crippen LogP contribution in [0.15, 0.2) is 10.7 Å². The maximum Gasteiger partial charge on any atom is 0.419 e. The Labute approximate surface area is 101 Å². The van der Waals surface area contributed by atoms with E-state index >= 15 is 0 Å². The van der Waals surface area contributed by atoms with Crippen molar-refractivity contribution < 1.29 is 22.0 Å². The van der Waals surface area contributed by atoms with E-state index in [1.807, 2.05) is 0 Å². The number of nitrogens with zero attached hydrogens (tertiary/aromatic N) is 2. The molecular formula is C9H4BrF5N2. The number of hydrogen-bond donors (Lipinski definition) is 0. The molecule has 0 atom stereocenters. The molecule has 0 N–H and O–H groups in total. The van der Waals surface area contributed by atoms with Crippen LogP contribution < -0.4 is 0 Å². The molecule has 0 fully saturated rings. The van der Waals surface area contributed by atoms with E-state index in [-0.39, 0.29) is 0 Å². The van der Waals surface area contributed by atoms with E-state index in [2.05, 4.69) is 20.9 Å². The van der Waals surface area contributed by atoms with Crippen molar-refractivity contribution in [3.05, 3.63) is 27.5 Å². The third kappa shape index (κ3) is 3.12. The molecule has 0 saturated carbocycles. The van der Waals surface area contributed by atoms with Gasteiger partial charge < -0.3 is 0 Å². The van der Waals surface area contributed by atoms with Gasteiger partial charge in [0.05, 0.1) is 18.1 Å². The lowest BCUT2D eigenvalue weighted by molar-refractivity contribution is -0.138. The highest BCUT2D eigenvalue weighted by atomic mass is 79.9. The molecule has 1 rings (SSSR count). The standard InChI is InChI=1S/C9H4BrF5N2/c10-7-5(9(13,14)15)3-4(1-2-16)6(17-7)8(11)12/h3,8H,1H2. The van der Waals surface area contributed by atoms with Gasteiger partial charge in [0.25, 0.3) is 6.43 Å². The first-order valence-electron chi connectivity index (χ1n) is 4.19. The molecule has 2 nitrogen and oxygen atoms in total. The Morgan fingerprint density at radius 2 is 2.00 bits per heavy atom. The Hall–Kier alpha value is -1.23. The van der Waals surface area contributed by atoms with Crippen LogP contribution in [-0.4, -0.2) is 4.98 Å². The molecule has 0 saturated heterocycles. The van der Waals surface area contributed by atoms with Crippen molar-refractivity contribution in [2.75, 3.05) is 0 Å². The van der Waals surface area contributed by atoms with Crippen LogP contribution in [0.4, 0.5) is 22.0 Å². The summed E-state index contributed by atoms with van der Waals surface area (Å²) in [7, 11) is 0. The van der Waals surface area contributed by atoms with Gasteiger partial charge in [0.1, 0.15) is 10.3 Å². The summed E-state index contributed by atoms with van der Waals surface area (Å²) in [6.45, 7) is 0. The SMILES string of the molecule is N#CCc1cc(C(F)(F)F)c(Br)nc1C(F)F. The Morgan fingerprint density at radius 1 is 1.41 bits per heavy atom. The summed E-state index contributed by atoms with van der Waals surface area (Å²) in [6, 6.07) is 2.04. The number of aromatic nitrogens is 1. The third-order valence-electron chi connectivity index (χ3n) is 1.87. The molecule has 92 valence electrons. The van der Waals surface area contributed by atoms with E-state index in [1.165, 1.54) is 6.07 Å². The minimum atomic E-state index is -4.71. The first-order valence-corrected chi connectivity index (χ1v) is 4.98. The summed E-state index contributed by atoms with van der Waals surface area (Å²) in [5.41, 5.74) is -2.41. The van der Waals surface area contributed by atoms with Gasteiger partial charge in [-0.2, -0.15) is 18.4 Å². The Bertz CT molecular complexity index is 464. The van der Waals surface area contributed by atoms with Crippen LogP contribution in [0.3, 0.4) is 0 Å². The number of hydrogen-bond acceptors (Lipinski definition) is 2. The molecule has 0 radical (unpaired) electrons. The summed E-state index contributed by atoms with van der Waals surface area (Å²) in [4.78, 5) is 3.15. The van der Waals surface area contributed by atoms with Crippen LogP contribution in [0.5, 0.6) is 0 Å². The van der Waals surface area contributed by atoms with Crippen LogP contribution in [0.2, 0.25) is 0 Å². The molecule has 0 amide bonds. The highest BCUT2D eigenvalue weighted by Gasteiger charge is 2.35. The first kappa shape index (κ1) is 13.8. The minimum absolute atomic E-state index is 0.418. The zero-order valence-electron chi connectivity index (χ0n) is 8.02. The maximum absolute atomic E-state index is 12.5. The normalized spacial score (nSPS) is 11.6. The van der Waals surface area contributed by atoms with Gasteiger partial charge in [0, 0.05) is 0 Å². The zero-order chi connectivity index (χ0) is 13.2. The molecule has 0 bridgehead atoms. The fraction of sp³-hybridized carbons (Fsp3) is 0.333. The molecule has 0 aliphatic carbocycles. The second kappa shape index (κ2) is 4.96. The van der Waals surface area contributed by atoms with Gasteiger partial charge >= 0.3 is 6.18 Å². The van der Waals surface area contributed by atoms with Gasteiger partial charge in [-0.05, 0) is 27.6 Å². The van der Waals surface area contributed by atoms with E-state index < -0.39 is 40.4 Å². The van der Waals surface area contributed by atoms with Crippen molar-refractivity contribution >= 4 is 15.9 Å². The lowest BCUT2D eigenvalue weighted by Crippen LogP contribution is -2.11. The summed E-state index contributed by atoms with van der Waals surface area (Å²) < 4.78 is 61.6. The van der Waals surface area contributed by atoms with Gasteiger partial charge in [0.15, 0.2) is 0 Å². The maximum atomic E-state index is 12.5. The molecule has 0 aliphatic rings. The molecule has 1 heterocycles. The fourth-order valence-electron chi connectivity index (χ4n) is 1.16. The molecule has 1 aromatic heterocycles. The number of alkyl halides is 5. The van der Waals surface area contributed by atoms with E-state index in [0.29, 0.717) is 6.07 Å². The quantitative estimate of drug-likeness (QED) is 0.614. The largest absolute Gasteiger partial charge is 0.419 e. The van der Waals surface area contributed by atoms with Crippen LogP contribution in [0, 0.1) is 11.3 Å². The predicted octanol–water partition coefficient (Wildman–Crippen LogP) is 3.87. The van der Waals surface area contributed by atoms with Crippen LogP contribution in [0.1, 0.15) is 23.2 Å².